The van der Waals surface area contributed by atoms with E-state index >= 15 is 0 Å². The molecule has 0 spiro atoms. The maximum absolute atomic E-state index is 13.8. The zero-order valence-electron chi connectivity index (χ0n) is 14.6. The van der Waals surface area contributed by atoms with Crippen LogP contribution in [0.3, 0.4) is 0 Å². The van der Waals surface area contributed by atoms with E-state index in [0.717, 1.165) is 24.3 Å². The molecule has 2 aromatic rings. The van der Waals surface area contributed by atoms with Crippen molar-refractivity contribution in [2.45, 2.75) is 25.7 Å². The molecule has 3 rings (SSSR count). The summed E-state index contributed by atoms with van der Waals surface area (Å²) >= 11 is 0. The van der Waals surface area contributed by atoms with Gasteiger partial charge in [0, 0.05) is 18.8 Å². The number of ketones is 1. The summed E-state index contributed by atoms with van der Waals surface area (Å²) in [5, 5.41) is 9.33. The number of hydrogen-bond acceptors (Lipinski definition) is 3. The van der Waals surface area contributed by atoms with Gasteiger partial charge in [0.2, 0.25) is 5.78 Å². The van der Waals surface area contributed by atoms with E-state index in [4.69, 9.17) is 0 Å². The van der Waals surface area contributed by atoms with Gasteiger partial charge in [0.1, 0.15) is 17.5 Å². The van der Waals surface area contributed by atoms with E-state index < -0.39 is 11.6 Å². The van der Waals surface area contributed by atoms with Crippen LogP contribution in [0.4, 0.5) is 10.1 Å². The van der Waals surface area contributed by atoms with Crippen LogP contribution >= 0.6 is 0 Å². The Bertz CT molecular complexity index is 841. The molecule has 0 aliphatic carbocycles. The second kappa shape index (κ2) is 8.44. The van der Waals surface area contributed by atoms with E-state index in [1.807, 2.05) is 30.3 Å². The largest absolute Gasteiger partial charge is 0.372 e. The molecule has 0 amide bonds. The molecule has 3 nitrogen and oxygen atoms in total. The monoisotopic (exact) mass is 348 g/mol. The van der Waals surface area contributed by atoms with Gasteiger partial charge in [-0.1, -0.05) is 37.1 Å². The molecule has 1 heterocycles. The Hall–Kier alpha value is -2.93. The van der Waals surface area contributed by atoms with E-state index in [-0.39, 0.29) is 11.1 Å². The molecule has 132 valence electrons. The molecule has 1 aliphatic heterocycles. The van der Waals surface area contributed by atoms with Gasteiger partial charge in [0.15, 0.2) is 0 Å². The van der Waals surface area contributed by atoms with Crippen LogP contribution in [0.25, 0.3) is 6.08 Å². The molecular weight excluding hydrogens is 327 g/mol. The molecule has 0 saturated carbocycles. The van der Waals surface area contributed by atoms with Gasteiger partial charge in [0.05, 0.1) is 5.56 Å². The SMILES string of the molecule is N#C/C(=C\c1ccc(N2CCCCCC2)cc1)C(=O)c1ccccc1F. The Morgan fingerprint density at radius 3 is 2.27 bits per heavy atom. The van der Waals surface area contributed by atoms with E-state index in [1.54, 1.807) is 6.07 Å². The van der Waals surface area contributed by atoms with Gasteiger partial charge in [-0.05, 0) is 48.7 Å². The number of nitrogens with zero attached hydrogens (tertiary/aromatic N) is 2. The normalized spacial score (nSPS) is 15.2. The zero-order chi connectivity index (χ0) is 18.4. The molecular formula is C22H21FN2O. The van der Waals surface area contributed by atoms with Gasteiger partial charge in [-0.3, -0.25) is 4.79 Å². The Kier molecular flexibility index (Phi) is 5.80. The van der Waals surface area contributed by atoms with Gasteiger partial charge in [-0.2, -0.15) is 5.26 Å². The molecule has 0 bridgehead atoms. The lowest BCUT2D eigenvalue weighted by atomic mass is 10.0. The molecule has 0 radical (unpaired) electrons. The van der Waals surface area contributed by atoms with Crippen molar-refractivity contribution in [3.63, 3.8) is 0 Å². The first-order valence-electron chi connectivity index (χ1n) is 8.95. The quantitative estimate of drug-likeness (QED) is 0.444. The second-order valence-electron chi connectivity index (χ2n) is 6.47. The lowest BCUT2D eigenvalue weighted by Crippen LogP contribution is -2.23. The predicted octanol–water partition coefficient (Wildman–Crippen LogP) is 5.00. The third-order valence-corrected chi connectivity index (χ3v) is 4.66. The van der Waals surface area contributed by atoms with Gasteiger partial charge >= 0.3 is 0 Å². The van der Waals surface area contributed by atoms with E-state index in [9.17, 15) is 14.4 Å². The fourth-order valence-electron chi connectivity index (χ4n) is 3.22. The first-order valence-corrected chi connectivity index (χ1v) is 8.95. The van der Waals surface area contributed by atoms with E-state index in [0.29, 0.717) is 0 Å². The minimum Gasteiger partial charge on any atom is -0.372 e. The Morgan fingerprint density at radius 1 is 1.00 bits per heavy atom. The summed E-state index contributed by atoms with van der Waals surface area (Å²) < 4.78 is 13.8. The summed E-state index contributed by atoms with van der Waals surface area (Å²) in [6.45, 7) is 2.12. The lowest BCUT2D eigenvalue weighted by molar-refractivity contribution is 0.103. The lowest BCUT2D eigenvalue weighted by Gasteiger charge is -2.22. The fraction of sp³-hybridized carbons (Fsp3) is 0.273. The number of halogens is 1. The van der Waals surface area contributed by atoms with Crippen LogP contribution in [0.2, 0.25) is 0 Å². The van der Waals surface area contributed by atoms with Gasteiger partial charge in [-0.25, -0.2) is 4.39 Å². The first kappa shape index (κ1) is 17.9. The average Bonchev–Trinajstić information content (AvgIpc) is 2.96. The van der Waals surface area contributed by atoms with Crippen LogP contribution < -0.4 is 4.90 Å². The van der Waals surface area contributed by atoms with Crippen molar-refractivity contribution in [2.24, 2.45) is 0 Å². The van der Waals surface area contributed by atoms with Crippen molar-refractivity contribution in [3.8, 4) is 6.07 Å². The predicted molar refractivity (Wildman–Crippen MR) is 101 cm³/mol. The maximum Gasteiger partial charge on any atom is 0.206 e. The van der Waals surface area contributed by atoms with Crippen molar-refractivity contribution in [3.05, 3.63) is 71.0 Å². The van der Waals surface area contributed by atoms with Crippen molar-refractivity contribution in [1.29, 1.82) is 5.26 Å². The van der Waals surface area contributed by atoms with Crippen LogP contribution in [0.1, 0.15) is 41.6 Å². The van der Waals surface area contributed by atoms with E-state index in [1.165, 1.54) is 50.0 Å². The average molecular weight is 348 g/mol. The van der Waals surface area contributed by atoms with Gasteiger partial charge in [0.25, 0.3) is 0 Å². The highest BCUT2D eigenvalue weighted by atomic mass is 19.1. The van der Waals surface area contributed by atoms with Crippen LogP contribution in [-0.4, -0.2) is 18.9 Å². The van der Waals surface area contributed by atoms with Crippen molar-refractivity contribution >= 4 is 17.5 Å². The maximum atomic E-state index is 13.8. The van der Waals surface area contributed by atoms with Crippen molar-refractivity contribution < 1.29 is 9.18 Å². The smallest absolute Gasteiger partial charge is 0.206 e. The Balaban J connectivity index is 1.80. The molecule has 26 heavy (non-hydrogen) atoms. The molecule has 0 unspecified atom stereocenters. The minimum atomic E-state index is -0.616. The highest BCUT2D eigenvalue weighted by Gasteiger charge is 2.16. The molecule has 1 aliphatic rings. The number of rotatable bonds is 4. The second-order valence-corrected chi connectivity index (χ2v) is 6.47. The van der Waals surface area contributed by atoms with Gasteiger partial charge in [-0.15, -0.1) is 0 Å². The third-order valence-electron chi connectivity index (χ3n) is 4.66. The highest BCUT2D eigenvalue weighted by Crippen LogP contribution is 2.21. The standard InChI is InChI=1S/C22H21FN2O/c23-21-8-4-3-7-20(21)22(26)18(16-24)15-17-9-11-19(12-10-17)25-13-5-1-2-6-14-25/h3-4,7-12,15H,1-2,5-6,13-14H2/b18-15+. The van der Waals surface area contributed by atoms with Crippen LogP contribution in [0.15, 0.2) is 54.1 Å². The Morgan fingerprint density at radius 2 is 1.65 bits per heavy atom. The summed E-state index contributed by atoms with van der Waals surface area (Å²) in [7, 11) is 0. The molecule has 1 saturated heterocycles. The molecule has 0 aromatic heterocycles. The number of nitriles is 1. The molecule has 0 N–H and O–H groups in total. The number of carbonyl (C=O) groups excluding carboxylic acids is 1. The minimum absolute atomic E-state index is 0.0716. The molecule has 1 fully saturated rings. The van der Waals surface area contributed by atoms with Crippen LogP contribution in [-0.2, 0) is 0 Å². The zero-order valence-corrected chi connectivity index (χ0v) is 14.6. The summed E-state index contributed by atoms with van der Waals surface area (Å²) in [6.07, 6.45) is 6.48. The Labute approximate surface area is 153 Å². The highest BCUT2D eigenvalue weighted by molar-refractivity contribution is 6.14. The topological polar surface area (TPSA) is 44.1 Å². The number of carbonyl (C=O) groups is 1. The molecule has 2 aromatic carbocycles. The van der Waals surface area contributed by atoms with Crippen molar-refractivity contribution in [1.82, 2.24) is 0 Å². The number of benzene rings is 2. The molecule has 4 heteroatoms. The van der Waals surface area contributed by atoms with Gasteiger partial charge < -0.3 is 4.90 Å². The van der Waals surface area contributed by atoms with Crippen LogP contribution in [0, 0.1) is 17.1 Å². The number of hydrogen-bond donors (Lipinski definition) is 0. The number of Topliss-reactive ketones (excluding diaryl/α,β-unsaturated/α-hetero) is 1. The summed E-state index contributed by atoms with van der Waals surface area (Å²) in [4.78, 5) is 14.8. The molecule has 0 atom stereocenters. The summed E-state index contributed by atoms with van der Waals surface area (Å²) in [5.41, 5.74) is 1.76. The number of anilines is 1. The summed E-state index contributed by atoms with van der Waals surface area (Å²) in [5.74, 6) is -1.21. The first-order chi connectivity index (χ1) is 12.7. The summed E-state index contributed by atoms with van der Waals surface area (Å²) in [6, 6.07) is 15.4. The number of allylic oxidation sites excluding steroid dienone is 1. The van der Waals surface area contributed by atoms with Crippen molar-refractivity contribution in [2.75, 3.05) is 18.0 Å². The van der Waals surface area contributed by atoms with Crippen LogP contribution in [0.5, 0.6) is 0 Å². The van der Waals surface area contributed by atoms with E-state index in [2.05, 4.69) is 4.90 Å². The third kappa shape index (κ3) is 4.18. The fourth-order valence-corrected chi connectivity index (χ4v) is 3.22.